The third-order valence-corrected chi connectivity index (χ3v) is 4.39. The van der Waals surface area contributed by atoms with Gasteiger partial charge >= 0.3 is 5.97 Å². The quantitative estimate of drug-likeness (QED) is 0.805. The molecule has 0 radical (unpaired) electrons. The SMILES string of the molecule is CCC(C)C(NC(=O)C(C)Cc1c(C)nn(C)c1C)C(=O)O. The molecule has 22 heavy (non-hydrogen) atoms. The van der Waals surface area contributed by atoms with E-state index in [-0.39, 0.29) is 17.7 Å². The van der Waals surface area contributed by atoms with Gasteiger partial charge in [0.25, 0.3) is 0 Å². The zero-order valence-corrected chi connectivity index (χ0v) is 14.3. The molecule has 6 nitrogen and oxygen atoms in total. The fourth-order valence-electron chi connectivity index (χ4n) is 2.49. The van der Waals surface area contributed by atoms with Crippen LogP contribution in [-0.4, -0.2) is 32.8 Å². The zero-order valence-electron chi connectivity index (χ0n) is 14.3. The maximum Gasteiger partial charge on any atom is 0.326 e. The normalized spacial score (nSPS) is 15.2. The highest BCUT2D eigenvalue weighted by atomic mass is 16.4. The van der Waals surface area contributed by atoms with Gasteiger partial charge in [0, 0.05) is 18.7 Å². The molecule has 3 atom stereocenters. The van der Waals surface area contributed by atoms with Crippen molar-refractivity contribution in [1.82, 2.24) is 15.1 Å². The summed E-state index contributed by atoms with van der Waals surface area (Å²) in [7, 11) is 1.87. The number of carbonyl (C=O) groups excluding carboxylic acids is 1. The van der Waals surface area contributed by atoms with E-state index in [2.05, 4.69) is 10.4 Å². The van der Waals surface area contributed by atoms with Crippen LogP contribution in [0.25, 0.3) is 0 Å². The minimum atomic E-state index is -0.983. The summed E-state index contributed by atoms with van der Waals surface area (Å²) in [5.41, 5.74) is 3.01. The van der Waals surface area contributed by atoms with Gasteiger partial charge in [0.15, 0.2) is 0 Å². The number of carboxylic acids is 1. The van der Waals surface area contributed by atoms with Gasteiger partial charge < -0.3 is 10.4 Å². The molecule has 1 amide bonds. The summed E-state index contributed by atoms with van der Waals surface area (Å²) in [5.74, 6) is -1.61. The van der Waals surface area contributed by atoms with E-state index in [0.29, 0.717) is 12.8 Å². The highest BCUT2D eigenvalue weighted by Gasteiger charge is 2.27. The Morgan fingerprint density at radius 3 is 2.32 bits per heavy atom. The Hall–Kier alpha value is -1.85. The van der Waals surface area contributed by atoms with Crippen molar-refractivity contribution in [3.05, 3.63) is 17.0 Å². The second-order valence-corrected chi connectivity index (χ2v) is 6.09. The number of aromatic nitrogens is 2. The summed E-state index contributed by atoms with van der Waals surface area (Å²) in [4.78, 5) is 23.6. The van der Waals surface area contributed by atoms with Crippen LogP contribution in [0, 0.1) is 25.7 Å². The second-order valence-electron chi connectivity index (χ2n) is 6.09. The van der Waals surface area contributed by atoms with Gasteiger partial charge in [-0.3, -0.25) is 9.48 Å². The Kier molecular flexibility index (Phi) is 6.14. The molecular formula is C16H27N3O3. The third-order valence-electron chi connectivity index (χ3n) is 4.39. The van der Waals surface area contributed by atoms with Crippen molar-refractivity contribution in [2.75, 3.05) is 0 Å². The van der Waals surface area contributed by atoms with Gasteiger partial charge in [-0.25, -0.2) is 4.79 Å². The largest absolute Gasteiger partial charge is 0.480 e. The first-order valence-corrected chi connectivity index (χ1v) is 7.71. The Morgan fingerprint density at radius 2 is 1.91 bits per heavy atom. The number of carboxylic acid groups (broad SMARTS) is 1. The number of hydrogen-bond acceptors (Lipinski definition) is 3. The van der Waals surface area contributed by atoms with Crippen molar-refractivity contribution in [2.24, 2.45) is 18.9 Å². The predicted molar refractivity (Wildman–Crippen MR) is 84.6 cm³/mol. The molecule has 0 saturated heterocycles. The van der Waals surface area contributed by atoms with E-state index in [4.69, 9.17) is 0 Å². The van der Waals surface area contributed by atoms with Gasteiger partial charge in [-0.15, -0.1) is 0 Å². The molecule has 6 heteroatoms. The Morgan fingerprint density at radius 1 is 1.32 bits per heavy atom. The van der Waals surface area contributed by atoms with Gasteiger partial charge in [0.05, 0.1) is 5.69 Å². The average molecular weight is 309 g/mol. The Bertz CT molecular complexity index is 551. The Balaban J connectivity index is 2.78. The molecule has 0 aromatic carbocycles. The molecule has 3 unspecified atom stereocenters. The van der Waals surface area contributed by atoms with E-state index in [1.807, 2.05) is 41.7 Å². The first kappa shape index (κ1) is 18.2. The smallest absolute Gasteiger partial charge is 0.326 e. The molecule has 0 bridgehead atoms. The van der Waals surface area contributed by atoms with E-state index in [1.54, 1.807) is 4.68 Å². The maximum absolute atomic E-state index is 12.3. The number of aryl methyl sites for hydroxylation is 2. The number of nitrogens with zero attached hydrogens (tertiary/aromatic N) is 2. The lowest BCUT2D eigenvalue weighted by Gasteiger charge is -2.22. The lowest BCUT2D eigenvalue weighted by molar-refractivity contribution is -0.143. The van der Waals surface area contributed by atoms with Gasteiger partial charge in [-0.1, -0.05) is 27.2 Å². The molecule has 124 valence electrons. The van der Waals surface area contributed by atoms with E-state index in [1.165, 1.54) is 0 Å². The number of rotatable bonds is 7. The molecule has 2 N–H and O–H groups in total. The standard InChI is InChI=1S/C16H27N3O3/c1-7-9(2)14(16(21)22)17-15(20)10(3)8-13-11(4)18-19(6)12(13)5/h9-10,14H,7-8H2,1-6H3,(H,17,20)(H,21,22). The molecule has 0 spiro atoms. The summed E-state index contributed by atoms with van der Waals surface area (Å²) < 4.78 is 1.80. The summed E-state index contributed by atoms with van der Waals surface area (Å²) in [6.07, 6.45) is 1.26. The highest BCUT2D eigenvalue weighted by Crippen LogP contribution is 2.17. The lowest BCUT2D eigenvalue weighted by Crippen LogP contribution is -2.47. The van der Waals surface area contributed by atoms with E-state index >= 15 is 0 Å². The average Bonchev–Trinajstić information content (AvgIpc) is 2.69. The van der Waals surface area contributed by atoms with Crippen LogP contribution >= 0.6 is 0 Å². The van der Waals surface area contributed by atoms with E-state index in [9.17, 15) is 14.7 Å². The van der Waals surface area contributed by atoms with Crippen LogP contribution in [0.5, 0.6) is 0 Å². The van der Waals surface area contributed by atoms with Crippen LogP contribution in [0.1, 0.15) is 44.1 Å². The fraction of sp³-hybridized carbons (Fsp3) is 0.688. The minimum Gasteiger partial charge on any atom is -0.480 e. The van der Waals surface area contributed by atoms with Gasteiger partial charge in [0.2, 0.25) is 5.91 Å². The Labute approximate surface area is 131 Å². The van der Waals surface area contributed by atoms with Crippen molar-refractivity contribution in [2.45, 2.75) is 53.5 Å². The molecule has 1 aromatic rings. The third kappa shape index (κ3) is 4.08. The number of hydrogen-bond donors (Lipinski definition) is 2. The first-order chi connectivity index (χ1) is 10.2. The summed E-state index contributed by atoms with van der Waals surface area (Å²) in [6, 6.07) is -0.837. The van der Waals surface area contributed by atoms with Crippen LogP contribution in [-0.2, 0) is 23.1 Å². The van der Waals surface area contributed by atoms with Crippen LogP contribution < -0.4 is 5.32 Å². The minimum absolute atomic E-state index is 0.101. The van der Waals surface area contributed by atoms with Crippen molar-refractivity contribution >= 4 is 11.9 Å². The maximum atomic E-state index is 12.3. The molecule has 1 rings (SSSR count). The highest BCUT2D eigenvalue weighted by molar-refractivity contribution is 5.85. The van der Waals surface area contributed by atoms with Crippen molar-refractivity contribution in [1.29, 1.82) is 0 Å². The molecule has 0 aliphatic heterocycles. The lowest BCUT2D eigenvalue weighted by atomic mass is 9.96. The van der Waals surface area contributed by atoms with Gasteiger partial charge in [0.1, 0.15) is 6.04 Å². The van der Waals surface area contributed by atoms with Crippen LogP contribution in [0.4, 0.5) is 0 Å². The summed E-state index contributed by atoms with van der Waals surface area (Å²) >= 11 is 0. The van der Waals surface area contributed by atoms with Crippen LogP contribution in [0.2, 0.25) is 0 Å². The van der Waals surface area contributed by atoms with Gasteiger partial charge in [-0.05, 0) is 31.7 Å². The molecule has 0 aliphatic carbocycles. The number of nitrogens with one attached hydrogen (secondary N) is 1. The van der Waals surface area contributed by atoms with Crippen LogP contribution in [0.3, 0.4) is 0 Å². The molecule has 1 heterocycles. The van der Waals surface area contributed by atoms with Crippen molar-refractivity contribution < 1.29 is 14.7 Å². The molecule has 0 fully saturated rings. The van der Waals surface area contributed by atoms with E-state index < -0.39 is 12.0 Å². The number of aliphatic carboxylic acids is 1. The van der Waals surface area contributed by atoms with Crippen molar-refractivity contribution in [3.63, 3.8) is 0 Å². The summed E-state index contributed by atoms with van der Waals surface area (Å²) in [6.45, 7) is 9.46. The fourth-order valence-corrected chi connectivity index (χ4v) is 2.49. The van der Waals surface area contributed by atoms with Gasteiger partial charge in [-0.2, -0.15) is 5.10 Å². The number of amides is 1. The number of carbonyl (C=O) groups is 2. The molecular weight excluding hydrogens is 282 g/mol. The van der Waals surface area contributed by atoms with Crippen LogP contribution in [0.15, 0.2) is 0 Å². The van der Waals surface area contributed by atoms with Crippen molar-refractivity contribution in [3.8, 4) is 0 Å². The molecule has 1 aromatic heterocycles. The van der Waals surface area contributed by atoms with E-state index in [0.717, 1.165) is 17.0 Å². The topological polar surface area (TPSA) is 84.2 Å². The molecule has 0 saturated carbocycles. The molecule has 0 aliphatic rings. The predicted octanol–water partition coefficient (Wildman–Crippen LogP) is 1.83. The first-order valence-electron chi connectivity index (χ1n) is 7.71. The zero-order chi connectivity index (χ0) is 17.0. The monoisotopic (exact) mass is 309 g/mol. The second kappa shape index (κ2) is 7.42. The summed E-state index contributed by atoms with van der Waals surface area (Å²) in [5, 5.41) is 16.3.